The summed E-state index contributed by atoms with van der Waals surface area (Å²) in [5.74, 6) is 1.02. The Bertz CT molecular complexity index is 392. The number of hydrogen-bond acceptors (Lipinski definition) is 3. The Kier molecular flexibility index (Phi) is 3.33. The lowest BCUT2D eigenvalue weighted by molar-refractivity contribution is 0.635. The first-order chi connectivity index (χ1) is 7.65. The lowest BCUT2D eigenvalue weighted by atomic mass is 10.1. The summed E-state index contributed by atoms with van der Waals surface area (Å²) in [5.41, 5.74) is 2.22. The zero-order chi connectivity index (χ0) is 11.7. The number of halogens is 1. The second-order valence-corrected chi connectivity index (χ2v) is 4.82. The normalized spacial score (nSPS) is 20.5. The molecule has 0 bridgehead atoms. The molecule has 1 aliphatic heterocycles. The lowest BCUT2D eigenvalue weighted by Gasteiger charge is -2.26. The van der Waals surface area contributed by atoms with Crippen LogP contribution < -0.4 is 4.90 Å². The van der Waals surface area contributed by atoms with Gasteiger partial charge in [-0.2, -0.15) is 0 Å². The predicted molar refractivity (Wildman–Crippen MR) is 67.2 cm³/mol. The SMILES string of the molecule is CCC1CCCN1c1nnc(Cl)c(C)c1C. The van der Waals surface area contributed by atoms with E-state index in [1.165, 1.54) is 24.8 Å². The van der Waals surface area contributed by atoms with E-state index in [9.17, 15) is 0 Å². The van der Waals surface area contributed by atoms with Crippen LogP contribution in [0.25, 0.3) is 0 Å². The molecule has 1 aliphatic rings. The Labute approximate surface area is 102 Å². The monoisotopic (exact) mass is 239 g/mol. The van der Waals surface area contributed by atoms with E-state index >= 15 is 0 Å². The second kappa shape index (κ2) is 4.58. The van der Waals surface area contributed by atoms with Crippen LogP contribution in [0.2, 0.25) is 5.15 Å². The van der Waals surface area contributed by atoms with Crippen molar-refractivity contribution in [3.63, 3.8) is 0 Å². The summed E-state index contributed by atoms with van der Waals surface area (Å²) in [6, 6.07) is 0.619. The van der Waals surface area contributed by atoms with Crippen LogP contribution in [0.15, 0.2) is 0 Å². The van der Waals surface area contributed by atoms with Gasteiger partial charge in [0, 0.05) is 12.6 Å². The van der Waals surface area contributed by atoms with Crippen molar-refractivity contribution in [2.45, 2.75) is 46.1 Å². The molecule has 3 nitrogen and oxygen atoms in total. The van der Waals surface area contributed by atoms with Gasteiger partial charge in [-0.1, -0.05) is 18.5 Å². The summed E-state index contributed by atoms with van der Waals surface area (Å²) in [5, 5.41) is 8.81. The molecule has 1 aromatic rings. The highest BCUT2D eigenvalue weighted by atomic mass is 35.5. The van der Waals surface area contributed by atoms with Gasteiger partial charge in [-0.05, 0) is 44.2 Å². The van der Waals surface area contributed by atoms with E-state index in [0.717, 1.165) is 17.9 Å². The third kappa shape index (κ3) is 1.88. The van der Waals surface area contributed by atoms with Crippen LogP contribution in [0.4, 0.5) is 5.82 Å². The summed E-state index contributed by atoms with van der Waals surface area (Å²) in [7, 11) is 0. The molecule has 1 saturated heterocycles. The molecular weight excluding hydrogens is 222 g/mol. The van der Waals surface area contributed by atoms with Gasteiger partial charge in [-0.15, -0.1) is 10.2 Å². The third-order valence-electron chi connectivity index (χ3n) is 3.56. The lowest BCUT2D eigenvalue weighted by Crippen LogP contribution is -2.30. The van der Waals surface area contributed by atoms with Gasteiger partial charge >= 0.3 is 0 Å². The van der Waals surface area contributed by atoms with Gasteiger partial charge in [0.2, 0.25) is 0 Å². The molecule has 2 heterocycles. The van der Waals surface area contributed by atoms with E-state index < -0.39 is 0 Å². The molecule has 1 aromatic heterocycles. The minimum atomic E-state index is 0.522. The molecule has 1 unspecified atom stereocenters. The number of rotatable bonds is 2. The highest BCUT2D eigenvalue weighted by Gasteiger charge is 2.26. The van der Waals surface area contributed by atoms with Crippen LogP contribution in [-0.4, -0.2) is 22.8 Å². The van der Waals surface area contributed by atoms with E-state index in [0.29, 0.717) is 11.2 Å². The van der Waals surface area contributed by atoms with Crippen molar-refractivity contribution < 1.29 is 0 Å². The minimum Gasteiger partial charge on any atom is -0.352 e. The van der Waals surface area contributed by atoms with Crippen molar-refractivity contribution >= 4 is 17.4 Å². The fourth-order valence-corrected chi connectivity index (χ4v) is 2.56. The fourth-order valence-electron chi connectivity index (χ4n) is 2.38. The van der Waals surface area contributed by atoms with Gasteiger partial charge in [-0.3, -0.25) is 0 Å². The van der Waals surface area contributed by atoms with Crippen molar-refractivity contribution in [2.75, 3.05) is 11.4 Å². The largest absolute Gasteiger partial charge is 0.352 e. The average Bonchev–Trinajstić information content (AvgIpc) is 2.74. The average molecular weight is 240 g/mol. The fraction of sp³-hybridized carbons (Fsp3) is 0.667. The molecule has 0 amide bonds. The second-order valence-electron chi connectivity index (χ2n) is 4.46. The number of nitrogens with zero attached hydrogens (tertiary/aromatic N) is 3. The molecule has 0 aromatic carbocycles. The van der Waals surface area contributed by atoms with Gasteiger partial charge in [-0.25, -0.2) is 0 Å². The van der Waals surface area contributed by atoms with Crippen LogP contribution in [0, 0.1) is 13.8 Å². The summed E-state index contributed by atoms with van der Waals surface area (Å²) in [4.78, 5) is 2.38. The molecule has 0 spiro atoms. The molecule has 0 aliphatic carbocycles. The Balaban J connectivity index is 2.37. The smallest absolute Gasteiger partial charge is 0.155 e. The van der Waals surface area contributed by atoms with E-state index in [1.54, 1.807) is 0 Å². The highest BCUT2D eigenvalue weighted by Crippen LogP contribution is 2.30. The van der Waals surface area contributed by atoms with Gasteiger partial charge in [0.05, 0.1) is 0 Å². The maximum Gasteiger partial charge on any atom is 0.155 e. The minimum absolute atomic E-state index is 0.522. The van der Waals surface area contributed by atoms with E-state index in [2.05, 4.69) is 28.9 Å². The van der Waals surface area contributed by atoms with Crippen molar-refractivity contribution in [3.05, 3.63) is 16.3 Å². The zero-order valence-corrected chi connectivity index (χ0v) is 10.9. The first-order valence-corrected chi connectivity index (χ1v) is 6.29. The van der Waals surface area contributed by atoms with Gasteiger partial charge in [0.1, 0.15) is 0 Å². The quantitative estimate of drug-likeness (QED) is 0.794. The topological polar surface area (TPSA) is 29.0 Å². The predicted octanol–water partition coefficient (Wildman–Crippen LogP) is 3.13. The number of anilines is 1. The molecule has 1 fully saturated rings. The van der Waals surface area contributed by atoms with Crippen LogP contribution >= 0.6 is 11.6 Å². The Morgan fingerprint density at radius 1 is 1.31 bits per heavy atom. The molecule has 4 heteroatoms. The summed E-state index contributed by atoms with van der Waals surface area (Å²) >= 11 is 5.97. The van der Waals surface area contributed by atoms with Gasteiger partial charge < -0.3 is 4.90 Å². The van der Waals surface area contributed by atoms with Crippen molar-refractivity contribution in [1.29, 1.82) is 0 Å². The molecule has 2 rings (SSSR count). The van der Waals surface area contributed by atoms with Crippen LogP contribution in [0.5, 0.6) is 0 Å². The molecule has 16 heavy (non-hydrogen) atoms. The first kappa shape index (κ1) is 11.6. The van der Waals surface area contributed by atoms with Gasteiger partial charge in [0.15, 0.2) is 11.0 Å². The first-order valence-electron chi connectivity index (χ1n) is 5.91. The zero-order valence-electron chi connectivity index (χ0n) is 10.1. The summed E-state index contributed by atoms with van der Waals surface area (Å²) in [6.07, 6.45) is 3.68. The maximum absolute atomic E-state index is 5.97. The van der Waals surface area contributed by atoms with Gasteiger partial charge in [0.25, 0.3) is 0 Å². The number of aromatic nitrogens is 2. The van der Waals surface area contributed by atoms with Crippen LogP contribution in [0.3, 0.4) is 0 Å². The van der Waals surface area contributed by atoms with Crippen molar-refractivity contribution in [2.24, 2.45) is 0 Å². The Hall–Kier alpha value is -0.830. The molecule has 88 valence electrons. The summed E-state index contributed by atoms with van der Waals surface area (Å²) in [6.45, 7) is 7.41. The Morgan fingerprint density at radius 2 is 2.06 bits per heavy atom. The van der Waals surface area contributed by atoms with Crippen LogP contribution in [-0.2, 0) is 0 Å². The standard InChI is InChI=1S/C12H18ClN3/c1-4-10-6-5-7-16(10)12-9(3)8(2)11(13)14-15-12/h10H,4-7H2,1-3H3. The van der Waals surface area contributed by atoms with E-state index in [-0.39, 0.29) is 0 Å². The van der Waals surface area contributed by atoms with Crippen LogP contribution in [0.1, 0.15) is 37.3 Å². The molecule has 0 saturated carbocycles. The molecule has 0 N–H and O–H groups in total. The summed E-state index contributed by atoms with van der Waals surface area (Å²) < 4.78 is 0. The van der Waals surface area contributed by atoms with Crippen molar-refractivity contribution in [3.8, 4) is 0 Å². The highest BCUT2D eigenvalue weighted by molar-refractivity contribution is 6.30. The molecule has 0 radical (unpaired) electrons. The Morgan fingerprint density at radius 3 is 2.75 bits per heavy atom. The third-order valence-corrected chi connectivity index (χ3v) is 3.92. The maximum atomic E-state index is 5.97. The van der Waals surface area contributed by atoms with Crippen molar-refractivity contribution in [1.82, 2.24) is 10.2 Å². The van der Waals surface area contributed by atoms with E-state index in [1.807, 2.05) is 6.92 Å². The molecule has 1 atom stereocenters. The molecular formula is C12H18ClN3. The van der Waals surface area contributed by atoms with E-state index in [4.69, 9.17) is 11.6 Å². The number of hydrogen-bond donors (Lipinski definition) is 0.